The summed E-state index contributed by atoms with van der Waals surface area (Å²) >= 11 is 0. The maximum absolute atomic E-state index is 12.3. The summed E-state index contributed by atoms with van der Waals surface area (Å²) < 4.78 is 6.31. The monoisotopic (exact) mass is 378 g/mol. The van der Waals surface area contributed by atoms with E-state index in [1.54, 1.807) is 5.57 Å². The van der Waals surface area contributed by atoms with Crippen LogP contribution in [-0.2, 0) is 16.1 Å². The molecule has 3 saturated carbocycles. The number of hydrogen-bond acceptors (Lipinski definition) is 2. The summed E-state index contributed by atoms with van der Waals surface area (Å²) in [6.07, 6.45) is 11.9. The first-order valence-corrected chi connectivity index (χ1v) is 11.3. The van der Waals surface area contributed by atoms with Crippen molar-refractivity contribution in [2.24, 2.45) is 28.6 Å². The molecule has 0 amide bonds. The molecule has 3 fully saturated rings. The SMILES string of the molecule is C[C@]12CC[C@H]3[C@@H](CC=C4CC(OCc5ccccc5)CC[C@@]43C)[C@@H]1CC(=O)C2. The Hall–Kier alpha value is -1.41. The Morgan fingerprint density at radius 3 is 2.68 bits per heavy atom. The van der Waals surface area contributed by atoms with E-state index in [9.17, 15) is 4.79 Å². The molecule has 4 aliphatic rings. The number of Topliss-reactive ketones (excluding diaryl/α,β-unsaturated/α-hetero) is 1. The zero-order chi connectivity index (χ0) is 19.4. The summed E-state index contributed by atoms with van der Waals surface area (Å²) in [6.45, 7) is 5.65. The number of carbonyl (C=O) groups excluding carboxylic acids is 1. The summed E-state index contributed by atoms with van der Waals surface area (Å²) in [4.78, 5) is 12.3. The lowest BCUT2D eigenvalue weighted by molar-refractivity contribution is -0.118. The lowest BCUT2D eigenvalue weighted by Gasteiger charge is -2.57. The minimum atomic E-state index is 0.288. The van der Waals surface area contributed by atoms with Crippen LogP contribution in [0.25, 0.3) is 0 Å². The number of allylic oxidation sites excluding steroid dienone is 1. The van der Waals surface area contributed by atoms with E-state index in [1.165, 1.54) is 37.7 Å². The van der Waals surface area contributed by atoms with Crippen molar-refractivity contribution in [2.75, 3.05) is 0 Å². The van der Waals surface area contributed by atoms with Crippen LogP contribution in [0.3, 0.4) is 0 Å². The molecule has 0 aliphatic heterocycles. The van der Waals surface area contributed by atoms with Crippen molar-refractivity contribution in [1.29, 1.82) is 0 Å². The van der Waals surface area contributed by atoms with Gasteiger partial charge in [0, 0.05) is 12.8 Å². The Morgan fingerprint density at radius 2 is 1.86 bits per heavy atom. The number of ketones is 1. The smallest absolute Gasteiger partial charge is 0.133 e. The number of ether oxygens (including phenoxy) is 1. The van der Waals surface area contributed by atoms with Gasteiger partial charge in [-0.15, -0.1) is 0 Å². The van der Waals surface area contributed by atoms with E-state index in [1.807, 2.05) is 0 Å². The van der Waals surface area contributed by atoms with E-state index >= 15 is 0 Å². The minimum absolute atomic E-state index is 0.288. The van der Waals surface area contributed by atoms with Crippen molar-refractivity contribution >= 4 is 5.78 Å². The molecule has 1 aromatic rings. The van der Waals surface area contributed by atoms with Gasteiger partial charge in [0.1, 0.15) is 5.78 Å². The Labute approximate surface area is 169 Å². The van der Waals surface area contributed by atoms with E-state index in [-0.39, 0.29) is 5.41 Å². The largest absolute Gasteiger partial charge is 0.373 e. The van der Waals surface area contributed by atoms with Crippen LogP contribution in [0.5, 0.6) is 0 Å². The van der Waals surface area contributed by atoms with Crippen LogP contribution in [0.4, 0.5) is 0 Å². The minimum Gasteiger partial charge on any atom is -0.373 e. The van der Waals surface area contributed by atoms with Crippen molar-refractivity contribution in [3.8, 4) is 0 Å². The zero-order valence-electron chi connectivity index (χ0n) is 17.5. The summed E-state index contributed by atoms with van der Waals surface area (Å²) in [5.41, 5.74) is 3.55. The predicted molar refractivity (Wildman–Crippen MR) is 112 cm³/mol. The van der Waals surface area contributed by atoms with E-state index in [0.29, 0.717) is 23.2 Å². The highest BCUT2D eigenvalue weighted by Gasteiger charge is 2.57. The van der Waals surface area contributed by atoms with Gasteiger partial charge in [0.05, 0.1) is 12.7 Å². The molecule has 2 nitrogen and oxygen atoms in total. The molecule has 0 bridgehead atoms. The van der Waals surface area contributed by atoms with Crippen molar-refractivity contribution < 1.29 is 9.53 Å². The van der Waals surface area contributed by atoms with Gasteiger partial charge in [-0.1, -0.05) is 55.8 Å². The van der Waals surface area contributed by atoms with Crippen LogP contribution in [0.1, 0.15) is 70.8 Å². The highest BCUT2D eigenvalue weighted by molar-refractivity contribution is 5.82. The lowest BCUT2D eigenvalue weighted by atomic mass is 9.48. The van der Waals surface area contributed by atoms with Crippen molar-refractivity contribution in [1.82, 2.24) is 0 Å². The van der Waals surface area contributed by atoms with Crippen molar-refractivity contribution in [3.63, 3.8) is 0 Å². The number of carbonyl (C=O) groups is 1. The third kappa shape index (κ3) is 3.00. The molecule has 0 radical (unpaired) electrons. The van der Waals surface area contributed by atoms with Gasteiger partial charge >= 0.3 is 0 Å². The second kappa shape index (κ2) is 6.83. The molecule has 1 aromatic carbocycles. The molecule has 2 heteroatoms. The second-order valence-corrected chi connectivity index (χ2v) is 10.5. The Morgan fingerprint density at radius 1 is 1.04 bits per heavy atom. The predicted octanol–water partition coefficient (Wildman–Crippen LogP) is 6.10. The summed E-state index contributed by atoms with van der Waals surface area (Å²) in [6, 6.07) is 10.5. The van der Waals surface area contributed by atoms with Gasteiger partial charge in [0.2, 0.25) is 0 Å². The van der Waals surface area contributed by atoms with E-state index in [2.05, 4.69) is 50.3 Å². The van der Waals surface area contributed by atoms with Crippen LogP contribution < -0.4 is 0 Å². The van der Waals surface area contributed by atoms with Gasteiger partial charge < -0.3 is 4.74 Å². The topological polar surface area (TPSA) is 26.3 Å². The van der Waals surface area contributed by atoms with Gasteiger partial charge in [-0.2, -0.15) is 0 Å². The molecule has 0 heterocycles. The average Bonchev–Trinajstić information content (AvgIpc) is 3.01. The summed E-state index contributed by atoms with van der Waals surface area (Å²) in [5.74, 6) is 2.64. The molecule has 0 N–H and O–H groups in total. The molecule has 6 atom stereocenters. The van der Waals surface area contributed by atoms with Crippen LogP contribution in [0.15, 0.2) is 42.0 Å². The normalized spacial score (nSPS) is 42.4. The molecule has 150 valence electrons. The van der Waals surface area contributed by atoms with E-state index in [0.717, 1.165) is 37.7 Å². The quantitative estimate of drug-likeness (QED) is 0.594. The fraction of sp³-hybridized carbons (Fsp3) is 0.654. The second-order valence-electron chi connectivity index (χ2n) is 10.5. The van der Waals surface area contributed by atoms with Gasteiger partial charge in [0.15, 0.2) is 0 Å². The Kier molecular flexibility index (Phi) is 4.54. The molecular formula is C26H34O2. The highest BCUT2D eigenvalue weighted by atomic mass is 16.5. The maximum Gasteiger partial charge on any atom is 0.133 e. The van der Waals surface area contributed by atoms with Crippen LogP contribution in [-0.4, -0.2) is 11.9 Å². The highest BCUT2D eigenvalue weighted by Crippen LogP contribution is 2.64. The van der Waals surface area contributed by atoms with Crippen LogP contribution >= 0.6 is 0 Å². The molecule has 28 heavy (non-hydrogen) atoms. The Balaban J connectivity index is 1.30. The fourth-order valence-electron chi connectivity index (χ4n) is 7.34. The number of hydrogen-bond donors (Lipinski definition) is 0. The number of fused-ring (bicyclic) bond motifs is 5. The van der Waals surface area contributed by atoms with Crippen LogP contribution in [0.2, 0.25) is 0 Å². The summed E-state index contributed by atoms with van der Waals surface area (Å²) in [7, 11) is 0. The van der Waals surface area contributed by atoms with Crippen molar-refractivity contribution in [3.05, 3.63) is 47.5 Å². The van der Waals surface area contributed by atoms with Gasteiger partial charge in [0.25, 0.3) is 0 Å². The third-order valence-corrected chi connectivity index (χ3v) is 8.95. The number of rotatable bonds is 3. The molecule has 0 spiro atoms. The van der Waals surface area contributed by atoms with Gasteiger partial charge in [-0.05, 0) is 72.7 Å². The lowest BCUT2D eigenvalue weighted by Crippen LogP contribution is -2.49. The maximum atomic E-state index is 12.3. The average molecular weight is 379 g/mol. The third-order valence-electron chi connectivity index (χ3n) is 8.95. The Bertz CT molecular complexity index is 781. The van der Waals surface area contributed by atoms with Crippen LogP contribution in [0, 0.1) is 28.6 Å². The zero-order valence-corrected chi connectivity index (χ0v) is 17.5. The van der Waals surface area contributed by atoms with E-state index < -0.39 is 0 Å². The first-order chi connectivity index (χ1) is 13.5. The molecule has 0 aromatic heterocycles. The molecule has 1 unspecified atom stereocenters. The van der Waals surface area contributed by atoms with Crippen molar-refractivity contribution in [2.45, 2.75) is 77.9 Å². The summed E-state index contributed by atoms with van der Waals surface area (Å²) in [5, 5.41) is 0. The van der Waals surface area contributed by atoms with Gasteiger partial charge in [-0.3, -0.25) is 4.79 Å². The molecule has 5 rings (SSSR count). The molecule has 0 saturated heterocycles. The fourth-order valence-corrected chi connectivity index (χ4v) is 7.34. The first-order valence-electron chi connectivity index (χ1n) is 11.3. The molecular weight excluding hydrogens is 344 g/mol. The first kappa shape index (κ1) is 18.6. The number of benzene rings is 1. The molecule has 4 aliphatic carbocycles. The van der Waals surface area contributed by atoms with Gasteiger partial charge in [-0.25, -0.2) is 0 Å². The van der Waals surface area contributed by atoms with E-state index in [4.69, 9.17) is 4.74 Å². The standard InChI is InChI=1S/C26H34O2/c1-25-12-11-23-22(24(25)15-20(27)16-25)9-8-19-14-21(10-13-26(19,23)2)28-17-18-6-4-3-5-7-18/h3-8,21-24H,9-17H2,1-2H3/t21?,22-,23+,24+,25-,26+/m1/s1.